The molecule has 3 aliphatic rings. The number of carbonyl (C=O) groups is 4. The fourth-order valence-electron chi connectivity index (χ4n) is 5.74. The third kappa shape index (κ3) is 8.16. The van der Waals surface area contributed by atoms with Crippen LogP contribution >= 0.6 is 0 Å². The number of hydrogen-bond donors (Lipinski definition) is 9. The molecule has 18 nitrogen and oxygen atoms in total. The number of allylic oxidation sites excluding steroid dienone is 2. The second-order valence-corrected chi connectivity index (χ2v) is 11.9. The maximum atomic E-state index is 12.4. The van der Waals surface area contributed by atoms with Crippen LogP contribution < -0.4 is 14.8 Å². The molecule has 18 heteroatoms. The van der Waals surface area contributed by atoms with Gasteiger partial charge in [0.05, 0.1) is 19.6 Å². The van der Waals surface area contributed by atoms with Crippen molar-refractivity contribution >= 4 is 41.9 Å². The molecule has 0 bridgehead atoms. The lowest BCUT2D eigenvalue weighted by molar-refractivity contribution is -0.456. The number of rotatable bonds is 11. The highest BCUT2D eigenvalue weighted by atomic mass is 16.7. The summed E-state index contributed by atoms with van der Waals surface area (Å²) in [5.41, 5.74) is 0.981. The number of carboxylic acid groups (broad SMARTS) is 3. The van der Waals surface area contributed by atoms with Gasteiger partial charge in [0.2, 0.25) is 12.0 Å². The first-order chi connectivity index (χ1) is 24.7. The molecule has 7 atom stereocenters. The number of benzene rings is 2. The highest BCUT2D eigenvalue weighted by Gasteiger charge is 2.46. The van der Waals surface area contributed by atoms with Gasteiger partial charge in [0.25, 0.3) is 6.04 Å². The molecule has 276 valence electrons. The van der Waals surface area contributed by atoms with E-state index in [1.165, 1.54) is 66.5 Å². The molecular weight excluding hydrogens is 692 g/mol. The normalized spacial score (nSPS) is 27.1. The Morgan fingerprint density at radius 2 is 1.69 bits per heavy atom. The lowest BCUT2D eigenvalue weighted by Gasteiger charge is -2.39. The summed E-state index contributed by atoms with van der Waals surface area (Å²) in [6, 6.07) is 4.38. The molecule has 9 N–H and O–H groups in total. The number of nitrogens with zero attached hydrogens (tertiary/aromatic N) is 1. The highest BCUT2D eigenvalue weighted by Crippen LogP contribution is 2.41. The summed E-state index contributed by atoms with van der Waals surface area (Å²) in [7, 11) is 1.36. The summed E-state index contributed by atoms with van der Waals surface area (Å²) in [5.74, 6) is -5.54. The van der Waals surface area contributed by atoms with E-state index in [9.17, 15) is 60.0 Å². The fourth-order valence-corrected chi connectivity index (χ4v) is 5.74. The number of phenolic OH excluding ortho intramolecular Hbond substituents is 2. The van der Waals surface area contributed by atoms with Gasteiger partial charge in [-0.2, -0.15) is 4.58 Å². The highest BCUT2D eigenvalue weighted by molar-refractivity contribution is 5.90. The number of ether oxygens (including phenoxy) is 4. The Hall–Kier alpha value is -5.95. The van der Waals surface area contributed by atoms with Gasteiger partial charge in [-0.1, -0.05) is 6.07 Å². The molecule has 0 spiro atoms. The van der Waals surface area contributed by atoms with Gasteiger partial charge in [0, 0.05) is 24.1 Å². The average Bonchev–Trinajstić information content (AvgIpc) is 3.47. The molecule has 1 saturated heterocycles. The summed E-state index contributed by atoms with van der Waals surface area (Å²) >= 11 is 0. The van der Waals surface area contributed by atoms with Gasteiger partial charge < -0.3 is 65.1 Å². The molecule has 0 radical (unpaired) electrons. The molecule has 2 aromatic carbocycles. The number of carboxylic acids is 3. The topological polar surface area (TPSA) is 282 Å². The van der Waals surface area contributed by atoms with Gasteiger partial charge in [0.15, 0.2) is 29.2 Å². The van der Waals surface area contributed by atoms with Crippen LogP contribution in [0.15, 0.2) is 59.8 Å². The van der Waals surface area contributed by atoms with Crippen LogP contribution in [0.3, 0.4) is 0 Å². The van der Waals surface area contributed by atoms with Crippen molar-refractivity contribution in [2.75, 3.05) is 13.7 Å². The minimum Gasteiger partial charge on any atom is -0.504 e. The van der Waals surface area contributed by atoms with Crippen molar-refractivity contribution in [2.24, 2.45) is 0 Å². The number of aromatic hydroxyl groups is 2. The number of phenols is 2. The van der Waals surface area contributed by atoms with Gasteiger partial charge in [-0.3, -0.25) is 0 Å². The van der Waals surface area contributed by atoms with E-state index in [2.05, 4.69) is 5.32 Å². The minimum atomic E-state index is -1.87. The molecule has 5 rings (SSSR count). The molecule has 52 heavy (non-hydrogen) atoms. The van der Waals surface area contributed by atoms with Crippen molar-refractivity contribution < 1.29 is 83.6 Å². The smallest absolute Gasteiger partial charge is 0.373 e. The lowest BCUT2D eigenvalue weighted by atomic mass is 9.99. The van der Waals surface area contributed by atoms with Crippen LogP contribution in [0, 0.1) is 0 Å². The van der Waals surface area contributed by atoms with Gasteiger partial charge >= 0.3 is 23.9 Å². The van der Waals surface area contributed by atoms with E-state index in [-0.39, 0.29) is 47.0 Å². The zero-order chi connectivity index (χ0) is 37.9. The van der Waals surface area contributed by atoms with Crippen molar-refractivity contribution in [3.63, 3.8) is 0 Å². The van der Waals surface area contributed by atoms with E-state index >= 15 is 0 Å². The predicted octanol–water partition coefficient (Wildman–Crippen LogP) is -0.385. The standard InChI is InChI=1S/C34H34N2O16/c1-49-24-10-15(2-4-22(24)37)3-5-27(39)50-14-26-28(40)29(41)30(42)34(52-26)51-25-13-20-17(12-23(25)38)11-21(33(47)48)36(20)7-6-16-8-18(31(43)44)35-19(9-16)32(45)46/h2-8,10,12-13,19,21,26,28-30,34,40-42H,9,11,14H2,1H3,(H5,37,38,39,43,44,45,46,47,48)/p+1/t19-,21+,26-,28-,29+,30-,34-/m1/s1. The Labute approximate surface area is 294 Å². The van der Waals surface area contributed by atoms with Gasteiger partial charge in [-0.15, -0.1) is 0 Å². The SMILES string of the molecule is COc1cc(C=CC(=O)OC[C@H]2O[C@@H](Oc3cc4c(cc3O)C[C@@H](C(=O)O)[N+]4=CC=C3C=C(C(=O)O)N[C@@H](C(=O)O)C3)[C@H](O)[C@@H](O)[C@@H]2O)ccc1O. The molecule has 0 aromatic heterocycles. The number of hydrogen-bond acceptors (Lipinski definition) is 14. The van der Waals surface area contributed by atoms with Crippen molar-refractivity contribution in [2.45, 2.75) is 55.6 Å². The van der Waals surface area contributed by atoms with Crippen molar-refractivity contribution in [3.05, 3.63) is 71.0 Å². The maximum Gasteiger partial charge on any atom is 0.373 e. The Bertz CT molecular complexity index is 1880. The number of fused-ring (bicyclic) bond motifs is 1. The second-order valence-electron chi connectivity index (χ2n) is 11.9. The van der Waals surface area contributed by atoms with E-state index in [1.54, 1.807) is 0 Å². The van der Waals surface area contributed by atoms with E-state index in [0.29, 0.717) is 11.1 Å². The van der Waals surface area contributed by atoms with E-state index in [1.807, 2.05) is 0 Å². The van der Waals surface area contributed by atoms with Crippen molar-refractivity contribution in [1.82, 2.24) is 5.32 Å². The summed E-state index contributed by atoms with van der Waals surface area (Å²) in [6.45, 7) is -0.600. The average molecular weight is 728 g/mol. The Kier molecular flexibility index (Phi) is 11.1. The Morgan fingerprint density at radius 3 is 2.37 bits per heavy atom. The van der Waals surface area contributed by atoms with E-state index in [0.717, 1.165) is 6.08 Å². The molecule has 0 saturated carbocycles. The van der Waals surface area contributed by atoms with Crippen LogP contribution in [0.4, 0.5) is 5.69 Å². The Morgan fingerprint density at radius 1 is 0.942 bits per heavy atom. The number of aliphatic hydroxyl groups is 3. The monoisotopic (exact) mass is 727 g/mol. The third-order valence-corrected chi connectivity index (χ3v) is 8.47. The zero-order valence-corrected chi connectivity index (χ0v) is 27.2. The van der Waals surface area contributed by atoms with E-state index in [4.69, 9.17) is 18.9 Å². The number of methoxy groups -OCH3 is 1. The first kappa shape index (κ1) is 37.3. The summed E-state index contributed by atoms with van der Waals surface area (Å²) in [5, 5.41) is 83.4. The van der Waals surface area contributed by atoms with Gasteiger partial charge in [0.1, 0.15) is 42.8 Å². The van der Waals surface area contributed by atoms with Crippen LogP contribution in [0.5, 0.6) is 23.0 Å². The van der Waals surface area contributed by atoms with Crippen molar-refractivity contribution in [3.8, 4) is 23.0 Å². The molecular formula is C34H35N2O16+. The summed E-state index contributed by atoms with van der Waals surface area (Å²) < 4.78 is 22.8. The predicted molar refractivity (Wildman–Crippen MR) is 174 cm³/mol. The number of nitrogens with one attached hydrogen (secondary N) is 1. The van der Waals surface area contributed by atoms with Gasteiger partial charge in [-0.05, 0) is 41.5 Å². The zero-order valence-electron chi connectivity index (χ0n) is 27.2. The molecule has 0 aliphatic carbocycles. The third-order valence-electron chi connectivity index (χ3n) is 8.47. The quantitative estimate of drug-likeness (QED) is 0.0810. The fraction of sp³-hybridized carbons (Fsp3) is 0.324. The molecule has 3 heterocycles. The van der Waals surface area contributed by atoms with Crippen LogP contribution in [-0.2, 0) is 35.1 Å². The molecule has 3 aliphatic heterocycles. The molecule has 1 fully saturated rings. The first-order valence-electron chi connectivity index (χ1n) is 15.6. The second kappa shape index (κ2) is 15.5. The minimum absolute atomic E-state index is 0.0800. The van der Waals surface area contributed by atoms with Crippen LogP contribution in [0.2, 0.25) is 0 Å². The first-order valence-corrected chi connectivity index (χ1v) is 15.6. The maximum absolute atomic E-state index is 12.4. The van der Waals surface area contributed by atoms with E-state index < -0.39 is 79.0 Å². The summed E-state index contributed by atoms with van der Waals surface area (Å²) in [4.78, 5) is 47.7. The van der Waals surface area contributed by atoms with Crippen molar-refractivity contribution in [1.29, 1.82) is 0 Å². The number of carbonyl (C=O) groups excluding carboxylic acids is 1. The number of esters is 1. The number of aliphatic hydroxyl groups excluding tert-OH is 3. The Balaban J connectivity index is 1.34. The van der Waals surface area contributed by atoms with Crippen LogP contribution in [-0.4, -0.2) is 132 Å². The van der Waals surface area contributed by atoms with Crippen LogP contribution in [0.25, 0.3) is 6.08 Å². The lowest BCUT2D eigenvalue weighted by Crippen LogP contribution is -2.60. The summed E-state index contributed by atoms with van der Waals surface area (Å²) in [6.07, 6.45) is -2.45. The van der Waals surface area contributed by atoms with Crippen LogP contribution in [0.1, 0.15) is 17.5 Å². The van der Waals surface area contributed by atoms with Gasteiger partial charge in [-0.25, -0.2) is 19.2 Å². The molecule has 0 amide bonds. The largest absolute Gasteiger partial charge is 0.504 e. The molecule has 2 aromatic rings. The number of aliphatic carboxylic acids is 3. The molecule has 0 unspecified atom stereocenters.